The average molecular weight is 349 g/mol. The van der Waals surface area contributed by atoms with Crippen LogP contribution in [0.1, 0.15) is 19.8 Å². The molecule has 2 rings (SSSR count). The summed E-state index contributed by atoms with van der Waals surface area (Å²) in [5, 5.41) is 11.4. The number of pyridine rings is 1. The van der Waals surface area contributed by atoms with Crippen molar-refractivity contribution in [3.8, 4) is 0 Å². The van der Waals surface area contributed by atoms with Crippen molar-refractivity contribution in [2.75, 3.05) is 18.9 Å². The smallest absolute Gasteiger partial charge is 0.325 e. The van der Waals surface area contributed by atoms with E-state index >= 15 is 0 Å². The van der Waals surface area contributed by atoms with Gasteiger partial charge >= 0.3 is 11.7 Å². The molecule has 2 aromatic rings. The molecule has 134 valence electrons. The van der Waals surface area contributed by atoms with Gasteiger partial charge in [0.05, 0.1) is 11.4 Å². The number of anilines is 1. The van der Waals surface area contributed by atoms with Crippen molar-refractivity contribution in [3.05, 3.63) is 22.6 Å². The minimum atomic E-state index is -0.985. The fourth-order valence-corrected chi connectivity index (χ4v) is 2.19. The highest BCUT2D eigenvalue weighted by molar-refractivity contribution is 5.93. The van der Waals surface area contributed by atoms with E-state index in [9.17, 15) is 19.2 Å². The standard InChI is InChI=1S/C15H19N5O5/c1-8(14(23)24)7-20(2)12(22)6-5-11(21)17-10-4-3-9-13(18-10)19-15(25)16-9/h3-4,8H,5-7H2,1-2H3,(H,23,24)(H3,16,17,18,19,21,25). The molecule has 0 aliphatic heterocycles. The molecule has 1 atom stereocenters. The van der Waals surface area contributed by atoms with Crippen LogP contribution in [0.2, 0.25) is 0 Å². The molecule has 0 bridgehead atoms. The molecule has 25 heavy (non-hydrogen) atoms. The van der Waals surface area contributed by atoms with E-state index in [4.69, 9.17) is 5.11 Å². The number of imidazole rings is 1. The summed E-state index contributed by atoms with van der Waals surface area (Å²) in [6.07, 6.45) is -0.105. The Hall–Kier alpha value is -3.17. The Kier molecular flexibility index (Phi) is 5.52. The van der Waals surface area contributed by atoms with E-state index in [1.54, 1.807) is 6.07 Å². The summed E-state index contributed by atoms with van der Waals surface area (Å²) in [6.45, 7) is 1.58. The lowest BCUT2D eigenvalue weighted by molar-refractivity contribution is -0.143. The molecule has 10 heteroatoms. The van der Waals surface area contributed by atoms with Crippen LogP contribution in [0, 0.1) is 5.92 Å². The van der Waals surface area contributed by atoms with Crippen molar-refractivity contribution >= 4 is 34.8 Å². The van der Waals surface area contributed by atoms with E-state index in [0.29, 0.717) is 11.2 Å². The number of H-pyrrole nitrogens is 2. The lowest BCUT2D eigenvalue weighted by Crippen LogP contribution is -2.34. The maximum absolute atomic E-state index is 11.9. The third-order valence-electron chi connectivity index (χ3n) is 3.60. The second-order valence-electron chi connectivity index (χ2n) is 5.73. The summed E-state index contributed by atoms with van der Waals surface area (Å²) in [4.78, 5) is 56.2. The van der Waals surface area contributed by atoms with E-state index in [1.165, 1.54) is 24.9 Å². The van der Waals surface area contributed by atoms with Gasteiger partial charge in [-0.25, -0.2) is 9.78 Å². The normalized spacial score (nSPS) is 11.9. The summed E-state index contributed by atoms with van der Waals surface area (Å²) in [5.41, 5.74) is 0.448. The number of carboxylic acid groups (broad SMARTS) is 1. The number of rotatable bonds is 7. The lowest BCUT2D eigenvalue weighted by Gasteiger charge is -2.19. The van der Waals surface area contributed by atoms with Gasteiger partial charge in [0.25, 0.3) is 0 Å². The van der Waals surface area contributed by atoms with E-state index in [0.717, 1.165) is 0 Å². The largest absolute Gasteiger partial charge is 0.481 e. The zero-order valence-corrected chi connectivity index (χ0v) is 13.8. The first-order chi connectivity index (χ1) is 11.8. The van der Waals surface area contributed by atoms with Gasteiger partial charge in [0.15, 0.2) is 5.65 Å². The first kappa shape index (κ1) is 18.2. The Bertz CT molecular complexity index is 855. The van der Waals surface area contributed by atoms with Crippen LogP contribution in [0.4, 0.5) is 5.82 Å². The van der Waals surface area contributed by atoms with E-state index in [-0.39, 0.29) is 31.1 Å². The topological polar surface area (TPSA) is 148 Å². The molecule has 0 aliphatic carbocycles. The number of carbonyl (C=O) groups excluding carboxylic acids is 2. The first-order valence-electron chi connectivity index (χ1n) is 7.62. The van der Waals surface area contributed by atoms with Crippen molar-refractivity contribution in [2.45, 2.75) is 19.8 Å². The third-order valence-corrected chi connectivity index (χ3v) is 3.60. The molecule has 0 saturated heterocycles. The maximum Gasteiger partial charge on any atom is 0.325 e. The number of nitrogens with zero attached hydrogens (tertiary/aromatic N) is 2. The molecular formula is C15H19N5O5. The Morgan fingerprint density at radius 1 is 1.28 bits per heavy atom. The number of fused-ring (bicyclic) bond motifs is 1. The number of hydrogen-bond acceptors (Lipinski definition) is 5. The molecule has 0 fully saturated rings. The van der Waals surface area contributed by atoms with Crippen LogP contribution in [0.25, 0.3) is 11.2 Å². The minimum absolute atomic E-state index is 0.0437. The predicted molar refractivity (Wildman–Crippen MR) is 89.0 cm³/mol. The fraction of sp³-hybridized carbons (Fsp3) is 0.400. The number of amides is 2. The summed E-state index contributed by atoms with van der Waals surface area (Å²) in [5.74, 6) is -2.13. The highest BCUT2D eigenvalue weighted by Crippen LogP contribution is 2.10. The molecule has 2 aromatic heterocycles. The molecule has 2 heterocycles. The minimum Gasteiger partial charge on any atom is -0.481 e. The number of nitrogens with one attached hydrogen (secondary N) is 3. The second kappa shape index (κ2) is 7.60. The molecular weight excluding hydrogens is 330 g/mol. The van der Waals surface area contributed by atoms with Crippen molar-refractivity contribution in [1.29, 1.82) is 0 Å². The van der Waals surface area contributed by atoms with Crippen molar-refractivity contribution < 1.29 is 19.5 Å². The van der Waals surface area contributed by atoms with Gasteiger partial charge in [-0.2, -0.15) is 0 Å². The zero-order valence-electron chi connectivity index (χ0n) is 13.8. The highest BCUT2D eigenvalue weighted by Gasteiger charge is 2.18. The Labute approximate surface area is 142 Å². The van der Waals surface area contributed by atoms with Crippen LogP contribution in [0.3, 0.4) is 0 Å². The van der Waals surface area contributed by atoms with Gasteiger partial charge in [0, 0.05) is 26.4 Å². The summed E-state index contributed by atoms with van der Waals surface area (Å²) in [6, 6.07) is 3.13. The van der Waals surface area contributed by atoms with Crippen molar-refractivity contribution in [2.24, 2.45) is 5.92 Å². The molecule has 4 N–H and O–H groups in total. The van der Waals surface area contributed by atoms with Crippen molar-refractivity contribution in [3.63, 3.8) is 0 Å². The highest BCUT2D eigenvalue weighted by atomic mass is 16.4. The zero-order chi connectivity index (χ0) is 18.6. The molecule has 0 spiro atoms. The number of hydrogen-bond donors (Lipinski definition) is 4. The number of carboxylic acids is 1. The number of aliphatic carboxylic acids is 1. The van der Waals surface area contributed by atoms with Gasteiger partial charge in [-0.1, -0.05) is 6.92 Å². The summed E-state index contributed by atoms with van der Waals surface area (Å²) < 4.78 is 0. The third kappa shape index (κ3) is 4.90. The Morgan fingerprint density at radius 2 is 2.00 bits per heavy atom. The van der Waals surface area contributed by atoms with Gasteiger partial charge in [-0.15, -0.1) is 0 Å². The van der Waals surface area contributed by atoms with Crippen LogP contribution in [0.15, 0.2) is 16.9 Å². The molecule has 0 saturated carbocycles. The summed E-state index contributed by atoms with van der Waals surface area (Å²) >= 11 is 0. The average Bonchev–Trinajstić information content (AvgIpc) is 2.91. The van der Waals surface area contributed by atoms with Crippen LogP contribution in [-0.2, 0) is 14.4 Å². The monoisotopic (exact) mass is 349 g/mol. The van der Waals surface area contributed by atoms with E-state index in [1.807, 2.05) is 0 Å². The SMILES string of the molecule is CC(CN(C)C(=O)CCC(=O)Nc1ccc2[nH]c(=O)[nH]c2n1)C(=O)O. The van der Waals surface area contributed by atoms with Gasteiger partial charge < -0.3 is 20.3 Å². The number of carbonyl (C=O) groups is 3. The maximum atomic E-state index is 11.9. The predicted octanol–water partition coefficient (Wildman–Crippen LogP) is 0.149. The Morgan fingerprint density at radius 3 is 2.68 bits per heavy atom. The van der Waals surface area contributed by atoms with Gasteiger partial charge in [0.1, 0.15) is 5.82 Å². The van der Waals surface area contributed by atoms with Crippen LogP contribution in [-0.4, -0.2) is 56.3 Å². The Balaban J connectivity index is 1.85. The van der Waals surface area contributed by atoms with Gasteiger partial charge in [-0.3, -0.25) is 19.4 Å². The molecule has 0 radical (unpaired) electrons. The first-order valence-corrected chi connectivity index (χ1v) is 7.62. The molecule has 0 aliphatic rings. The van der Waals surface area contributed by atoms with Crippen LogP contribution >= 0.6 is 0 Å². The number of aromatic amines is 2. The molecule has 2 amide bonds. The van der Waals surface area contributed by atoms with Gasteiger partial charge in [0.2, 0.25) is 11.8 Å². The lowest BCUT2D eigenvalue weighted by atomic mass is 10.1. The van der Waals surface area contributed by atoms with Crippen LogP contribution in [0.5, 0.6) is 0 Å². The van der Waals surface area contributed by atoms with Gasteiger partial charge in [-0.05, 0) is 12.1 Å². The van der Waals surface area contributed by atoms with E-state index in [2.05, 4.69) is 20.3 Å². The van der Waals surface area contributed by atoms with Crippen LogP contribution < -0.4 is 11.0 Å². The summed E-state index contributed by atoms with van der Waals surface area (Å²) in [7, 11) is 1.50. The van der Waals surface area contributed by atoms with Crippen molar-refractivity contribution in [1.82, 2.24) is 19.9 Å². The number of aromatic nitrogens is 3. The second-order valence-corrected chi connectivity index (χ2v) is 5.73. The van der Waals surface area contributed by atoms with E-state index < -0.39 is 23.5 Å². The fourth-order valence-electron chi connectivity index (χ4n) is 2.19. The quantitative estimate of drug-likeness (QED) is 0.559. The molecule has 0 aromatic carbocycles. The molecule has 10 nitrogen and oxygen atoms in total. The molecule has 1 unspecified atom stereocenters.